The van der Waals surface area contributed by atoms with E-state index < -0.39 is 15.1 Å². The van der Waals surface area contributed by atoms with Gasteiger partial charge in [-0.15, -0.1) is 0 Å². The molecular formula is C14H17N3O3S. The summed E-state index contributed by atoms with van der Waals surface area (Å²) >= 11 is 0. The van der Waals surface area contributed by atoms with Gasteiger partial charge in [-0.1, -0.05) is 6.07 Å². The van der Waals surface area contributed by atoms with Crippen molar-refractivity contribution in [1.82, 2.24) is 5.01 Å². The number of aldehydes is 1. The fourth-order valence-electron chi connectivity index (χ4n) is 2.78. The third-order valence-corrected chi connectivity index (χ3v) is 5.25. The number of nitrogens with one attached hydrogen (secondary N) is 1. The van der Waals surface area contributed by atoms with Crippen LogP contribution < -0.4 is 5.32 Å². The molecule has 3 rings (SSSR count). The van der Waals surface area contributed by atoms with Crippen LogP contribution in [0.1, 0.15) is 11.1 Å². The van der Waals surface area contributed by atoms with Gasteiger partial charge in [0.15, 0.2) is 9.84 Å². The lowest BCUT2D eigenvalue weighted by atomic mass is 10.0. The Morgan fingerprint density at radius 1 is 1.48 bits per heavy atom. The lowest BCUT2D eigenvalue weighted by Gasteiger charge is -2.12. The number of rotatable bonds is 4. The first kappa shape index (κ1) is 14.1. The van der Waals surface area contributed by atoms with Crippen LogP contribution in [-0.4, -0.2) is 56.6 Å². The summed E-state index contributed by atoms with van der Waals surface area (Å²) in [5, 5.41) is 8.45. The molecule has 0 saturated carbocycles. The Hall–Kier alpha value is -1.89. The minimum absolute atomic E-state index is 0.113. The van der Waals surface area contributed by atoms with Crippen molar-refractivity contribution in [3.63, 3.8) is 0 Å². The molecule has 2 heterocycles. The number of fused-ring (bicyclic) bond motifs is 1. The van der Waals surface area contributed by atoms with Gasteiger partial charge < -0.3 is 10.1 Å². The fraction of sp³-hybridized carbons (Fsp3) is 0.429. The van der Waals surface area contributed by atoms with E-state index in [0.29, 0.717) is 5.71 Å². The molecule has 2 aliphatic heterocycles. The Kier molecular flexibility index (Phi) is 3.44. The Bertz CT molecular complexity index is 712. The average Bonchev–Trinajstić information content (AvgIpc) is 3.03. The molecule has 1 atom stereocenters. The van der Waals surface area contributed by atoms with E-state index in [1.807, 2.05) is 18.2 Å². The number of nitrogens with zero attached hydrogens (tertiary/aromatic N) is 2. The number of hydrazone groups is 1. The molecule has 1 aromatic carbocycles. The maximum Gasteiger partial charge on any atom is 0.157 e. The van der Waals surface area contributed by atoms with Crippen LogP contribution in [-0.2, 0) is 21.1 Å². The highest BCUT2D eigenvalue weighted by Crippen LogP contribution is 2.26. The van der Waals surface area contributed by atoms with Crippen molar-refractivity contribution in [1.29, 1.82) is 0 Å². The van der Waals surface area contributed by atoms with Crippen molar-refractivity contribution in [2.24, 2.45) is 5.10 Å². The van der Waals surface area contributed by atoms with Gasteiger partial charge >= 0.3 is 0 Å². The molecule has 0 saturated heterocycles. The summed E-state index contributed by atoms with van der Waals surface area (Å²) in [6, 6.07) is 5.84. The molecule has 0 fully saturated rings. The van der Waals surface area contributed by atoms with Crippen LogP contribution in [0.4, 0.5) is 5.69 Å². The second-order valence-corrected chi connectivity index (χ2v) is 7.62. The third-order valence-electron chi connectivity index (χ3n) is 3.84. The molecule has 112 valence electrons. The van der Waals surface area contributed by atoms with E-state index in [4.69, 9.17) is 0 Å². The Balaban J connectivity index is 2.00. The summed E-state index contributed by atoms with van der Waals surface area (Å²) in [5.74, 6) is 0. The van der Waals surface area contributed by atoms with Crippen LogP contribution in [0.5, 0.6) is 0 Å². The zero-order valence-electron chi connectivity index (χ0n) is 11.7. The minimum Gasteiger partial charge on any atom is -0.384 e. The van der Waals surface area contributed by atoms with Crippen molar-refractivity contribution in [2.75, 3.05) is 31.2 Å². The van der Waals surface area contributed by atoms with Crippen molar-refractivity contribution >= 4 is 27.5 Å². The monoisotopic (exact) mass is 307 g/mol. The maximum atomic E-state index is 12.0. The number of anilines is 1. The predicted molar refractivity (Wildman–Crippen MR) is 81.4 cm³/mol. The summed E-state index contributed by atoms with van der Waals surface area (Å²) in [6.07, 6.45) is 2.88. The van der Waals surface area contributed by atoms with Crippen LogP contribution in [0, 0.1) is 0 Å². The molecule has 0 bridgehead atoms. The van der Waals surface area contributed by atoms with Gasteiger partial charge in [0.25, 0.3) is 0 Å². The van der Waals surface area contributed by atoms with Crippen molar-refractivity contribution in [3.05, 3.63) is 29.3 Å². The number of carbonyl (C=O) groups is 1. The van der Waals surface area contributed by atoms with Crippen LogP contribution in [0.3, 0.4) is 0 Å². The minimum atomic E-state index is -3.27. The van der Waals surface area contributed by atoms with Crippen LogP contribution in [0.15, 0.2) is 23.3 Å². The van der Waals surface area contributed by atoms with E-state index in [1.165, 1.54) is 16.8 Å². The number of hydrogen-bond donors (Lipinski definition) is 1. The SMILES string of the molecule is CS(=O)(=O)C1CN(CC=O)N=C1c1ccc2c(c1)CCN2. The molecule has 0 aliphatic carbocycles. The molecular weight excluding hydrogens is 290 g/mol. The van der Waals surface area contributed by atoms with Crippen molar-refractivity contribution in [2.45, 2.75) is 11.7 Å². The molecule has 7 heteroatoms. The normalized spacial score (nSPS) is 20.9. The Morgan fingerprint density at radius 2 is 2.29 bits per heavy atom. The van der Waals surface area contributed by atoms with E-state index >= 15 is 0 Å². The first-order chi connectivity index (χ1) is 9.99. The topological polar surface area (TPSA) is 78.8 Å². The number of sulfone groups is 1. The van der Waals surface area contributed by atoms with Crippen LogP contribution >= 0.6 is 0 Å². The van der Waals surface area contributed by atoms with E-state index in [0.717, 1.165) is 30.5 Å². The molecule has 0 amide bonds. The van der Waals surface area contributed by atoms with E-state index in [2.05, 4.69) is 10.4 Å². The first-order valence-corrected chi connectivity index (χ1v) is 8.77. The standard InChI is InChI=1S/C14H17N3O3S/c1-21(19,20)13-9-17(6-7-18)16-14(13)11-2-3-12-10(8-11)4-5-15-12/h2-3,7-8,13,15H,4-6,9H2,1H3. The van der Waals surface area contributed by atoms with Gasteiger partial charge in [-0.05, 0) is 29.7 Å². The zero-order valence-corrected chi connectivity index (χ0v) is 12.6. The van der Waals surface area contributed by atoms with Crippen LogP contribution in [0.25, 0.3) is 0 Å². The zero-order chi connectivity index (χ0) is 15.0. The highest BCUT2D eigenvalue weighted by molar-refractivity contribution is 7.92. The summed E-state index contributed by atoms with van der Waals surface area (Å²) < 4.78 is 24.0. The molecule has 0 spiro atoms. The maximum absolute atomic E-state index is 12.0. The quantitative estimate of drug-likeness (QED) is 0.809. The predicted octanol–water partition coefficient (Wildman–Crippen LogP) is 0.286. The van der Waals surface area contributed by atoms with Gasteiger partial charge in [0.1, 0.15) is 11.5 Å². The molecule has 21 heavy (non-hydrogen) atoms. The molecule has 0 radical (unpaired) electrons. The fourth-order valence-corrected chi connectivity index (χ4v) is 3.81. The summed E-state index contributed by atoms with van der Waals surface area (Å²) in [6.45, 7) is 1.25. The van der Waals surface area contributed by atoms with Gasteiger partial charge in [0.05, 0.1) is 18.8 Å². The van der Waals surface area contributed by atoms with Gasteiger partial charge in [-0.2, -0.15) is 5.10 Å². The molecule has 0 aromatic heterocycles. The first-order valence-electron chi connectivity index (χ1n) is 6.82. The Labute approximate surface area is 123 Å². The highest BCUT2D eigenvalue weighted by Gasteiger charge is 2.35. The number of carbonyl (C=O) groups excluding carboxylic acids is 1. The third kappa shape index (κ3) is 2.65. The molecule has 1 aromatic rings. The second-order valence-electron chi connectivity index (χ2n) is 5.39. The summed E-state index contributed by atoms with van der Waals surface area (Å²) in [7, 11) is -3.27. The lowest BCUT2D eigenvalue weighted by molar-refractivity contribution is -0.108. The Morgan fingerprint density at radius 3 is 3.00 bits per heavy atom. The van der Waals surface area contributed by atoms with Gasteiger partial charge in [0.2, 0.25) is 0 Å². The average molecular weight is 307 g/mol. The summed E-state index contributed by atoms with van der Waals surface area (Å²) in [5.41, 5.74) is 3.63. The highest BCUT2D eigenvalue weighted by atomic mass is 32.2. The molecule has 1 unspecified atom stereocenters. The molecule has 1 N–H and O–H groups in total. The van der Waals surface area contributed by atoms with Crippen molar-refractivity contribution < 1.29 is 13.2 Å². The largest absolute Gasteiger partial charge is 0.384 e. The number of hydrogen-bond acceptors (Lipinski definition) is 6. The van der Waals surface area contributed by atoms with Crippen molar-refractivity contribution in [3.8, 4) is 0 Å². The van der Waals surface area contributed by atoms with Gasteiger partial charge in [-0.25, -0.2) is 8.42 Å². The van der Waals surface area contributed by atoms with E-state index in [-0.39, 0.29) is 13.1 Å². The van der Waals surface area contributed by atoms with Gasteiger partial charge in [0, 0.05) is 18.5 Å². The van der Waals surface area contributed by atoms with E-state index in [1.54, 1.807) is 0 Å². The number of benzene rings is 1. The smallest absolute Gasteiger partial charge is 0.157 e. The van der Waals surface area contributed by atoms with Crippen LogP contribution in [0.2, 0.25) is 0 Å². The molecule has 2 aliphatic rings. The second kappa shape index (κ2) is 5.14. The molecule has 6 nitrogen and oxygen atoms in total. The van der Waals surface area contributed by atoms with E-state index in [9.17, 15) is 13.2 Å². The van der Waals surface area contributed by atoms with Gasteiger partial charge in [-0.3, -0.25) is 5.01 Å². The summed E-state index contributed by atoms with van der Waals surface area (Å²) in [4.78, 5) is 10.6. The lowest BCUT2D eigenvalue weighted by Crippen LogP contribution is -2.33.